The van der Waals surface area contributed by atoms with E-state index in [0.717, 1.165) is 0 Å². The molecule has 8 aromatic rings. The summed E-state index contributed by atoms with van der Waals surface area (Å²) in [5.74, 6) is 0. The molecule has 55 heavy (non-hydrogen) atoms. The average molecular weight is 763 g/mol. The molecule has 0 amide bonds. The molecule has 5 heteroatoms. The second kappa shape index (κ2) is 12.8. The van der Waals surface area contributed by atoms with E-state index in [-0.39, 0.29) is 20.2 Å². The van der Waals surface area contributed by atoms with Crippen molar-refractivity contribution in [3.8, 4) is 0 Å². The molecular weight excluding hydrogens is 705 g/mol. The molecule has 0 aliphatic heterocycles. The summed E-state index contributed by atoms with van der Waals surface area (Å²) in [6.07, 6.45) is 0. The molecule has 0 heterocycles. The van der Waals surface area contributed by atoms with Gasteiger partial charge in [0.15, 0.2) is 0 Å². The Kier molecular flexibility index (Phi) is 8.88. The SMILES string of the molecule is CC(C)(C)[Si](OCc1ccc2ccc3cccc4ccc1c2c34)(O[Si](OCc1ccc2ccc3cccc4ccc1c2c34)(C(C)(C)C)C(C)(C)C)C(C)(C)C. The summed E-state index contributed by atoms with van der Waals surface area (Å²) < 4.78 is 23.5. The van der Waals surface area contributed by atoms with Gasteiger partial charge >= 0.3 is 17.1 Å². The van der Waals surface area contributed by atoms with E-state index < -0.39 is 17.1 Å². The zero-order chi connectivity index (χ0) is 39.3. The molecule has 0 bridgehead atoms. The third-order valence-electron chi connectivity index (χ3n) is 12.3. The van der Waals surface area contributed by atoms with Crippen LogP contribution in [0.5, 0.6) is 0 Å². The lowest BCUT2D eigenvalue weighted by molar-refractivity contribution is 0.114. The standard InChI is InChI=1S/C50H58O3Si2/c1-47(2,3)54(48(4,5)6,51-31-39-25-23-37-21-19-33-15-13-17-35-27-29-41(39)45(37)43(33)35)53-55(49(7,8)9,50(10,11)12)52-32-40-26-24-38-22-20-34-16-14-18-36-28-30-42(40)46(38)44(34)36/h13-30H,31-32H2,1-12H3. The molecule has 0 spiro atoms. The first-order valence-electron chi connectivity index (χ1n) is 20.1. The predicted molar refractivity (Wildman–Crippen MR) is 241 cm³/mol. The van der Waals surface area contributed by atoms with Crippen molar-refractivity contribution in [3.05, 3.63) is 120 Å². The van der Waals surface area contributed by atoms with E-state index in [1.807, 2.05) is 0 Å². The molecule has 0 atom stereocenters. The van der Waals surface area contributed by atoms with Crippen LogP contribution in [0, 0.1) is 0 Å². The van der Waals surface area contributed by atoms with Gasteiger partial charge in [0.25, 0.3) is 0 Å². The third-order valence-corrected chi connectivity index (χ3v) is 23.6. The predicted octanol–water partition coefficient (Wildman–Crippen LogP) is 15.3. The van der Waals surface area contributed by atoms with E-state index in [4.69, 9.17) is 13.0 Å². The van der Waals surface area contributed by atoms with Crippen LogP contribution >= 0.6 is 0 Å². The summed E-state index contributed by atoms with van der Waals surface area (Å²) in [6.45, 7) is 28.9. The van der Waals surface area contributed by atoms with Gasteiger partial charge in [0.1, 0.15) is 0 Å². The first kappa shape index (κ1) is 38.0. The molecule has 0 saturated carbocycles. The molecule has 0 aliphatic carbocycles. The molecular formula is C50H58O3Si2. The Balaban J connectivity index is 1.24. The molecule has 0 aromatic heterocycles. The van der Waals surface area contributed by atoms with Crippen LogP contribution in [0.4, 0.5) is 0 Å². The molecule has 3 nitrogen and oxygen atoms in total. The van der Waals surface area contributed by atoms with Crippen molar-refractivity contribution in [2.75, 3.05) is 0 Å². The van der Waals surface area contributed by atoms with Crippen LogP contribution in [0.1, 0.15) is 94.2 Å². The molecule has 8 rings (SSSR count). The van der Waals surface area contributed by atoms with Crippen molar-refractivity contribution < 1.29 is 13.0 Å². The Bertz CT molecular complexity index is 2440. The molecule has 0 radical (unpaired) electrons. The zero-order valence-electron chi connectivity index (χ0n) is 35.0. The lowest BCUT2D eigenvalue weighted by Gasteiger charge is -2.58. The van der Waals surface area contributed by atoms with Crippen molar-refractivity contribution in [1.82, 2.24) is 0 Å². The summed E-state index contributed by atoms with van der Waals surface area (Å²) in [5, 5.41) is 14.3. The summed E-state index contributed by atoms with van der Waals surface area (Å²) in [7, 11) is -6.42. The van der Waals surface area contributed by atoms with Crippen LogP contribution in [0.25, 0.3) is 64.6 Å². The van der Waals surface area contributed by atoms with Crippen LogP contribution in [0.3, 0.4) is 0 Å². The minimum Gasteiger partial charge on any atom is -0.413 e. The number of rotatable bonds is 8. The van der Waals surface area contributed by atoms with E-state index in [1.54, 1.807) is 0 Å². The highest BCUT2D eigenvalue weighted by Gasteiger charge is 2.68. The van der Waals surface area contributed by atoms with Gasteiger partial charge in [0, 0.05) is 20.2 Å². The van der Waals surface area contributed by atoms with Crippen molar-refractivity contribution in [3.63, 3.8) is 0 Å². The first-order valence-corrected chi connectivity index (χ1v) is 23.7. The van der Waals surface area contributed by atoms with E-state index in [0.29, 0.717) is 13.2 Å². The Hall–Kier alpha value is -3.85. The van der Waals surface area contributed by atoms with Gasteiger partial charge in [-0.05, 0) is 75.8 Å². The Morgan fingerprint density at radius 1 is 0.345 bits per heavy atom. The highest BCUT2D eigenvalue weighted by atomic mass is 28.5. The number of hydrogen-bond donors (Lipinski definition) is 0. The van der Waals surface area contributed by atoms with Gasteiger partial charge in [-0.15, -0.1) is 0 Å². The summed E-state index contributed by atoms with van der Waals surface area (Å²) >= 11 is 0. The van der Waals surface area contributed by atoms with E-state index in [1.165, 1.54) is 75.8 Å². The van der Waals surface area contributed by atoms with E-state index in [9.17, 15) is 0 Å². The van der Waals surface area contributed by atoms with Gasteiger partial charge in [-0.2, -0.15) is 0 Å². The van der Waals surface area contributed by atoms with Crippen molar-refractivity contribution in [2.45, 2.75) is 116 Å². The maximum Gasteiger partial charge on any atom is 0.340 e. The lowest BCUT2D eigenvalue weighted by Crippen LogP contribution is -2.69. The largest absolute Gasteiger partial charge is 0.413 e. The topological polar surface area (TPSA) is 27.7 Å². The molecule has 284 valence electrons. The number of benzene rings is 8. The first-order chi connectivity index (χ1) is 25.8. The van der Waals surface area contributed by atoms with E-state index in [2.05, 4.69) is 192 Å². The van der Waals surface area contributed by atoms with Crippen molar-refractivity contribution in [1.29, 1.82) is 0 Å². The highest BCUT2D eigenvalue weighted by Crippen LogP contribution is 2.61. The van der Waals surface area contributed by atoms with Gasteiger partial charge < -0.3 is 13.0 Å². The Morgan fingerprint density at radius 2 is 0.618 bits per heavy atom. The highest BCUT2D eigenvalue weighted by molar-refractivity contribution is 6.86. The molecule has 8 aromatic carbocycles. The molecule has 0 fully saturated rings. The fourth-order valence-corrected chi connectivity index (χ4v) is 24.1. The summed E-state index contributed by atoms with van der Waals surface area (Å²) in [5.41, 5.74) is 2.40. The van der Waals surface area contributed by atoms with E-state index >= 15 is 0 Å². The smallest absolute Gasteiger partial charge is 0.340 e. The fourth-order valence-electron chi connectivity index (χ4n) is 10.2. The van der Waals surface area contributed by atoms with Crippen molar-refractivity contribution in [2.24, 2.45) is 0 Å². The van der Waals surface area contributed by atoms with Crippen LogP contribution in [-0.2, 0) is 26.2 Å². The minimum absolute atomic E-state index is 0.278. The minimum atomic E-state index is -3.21. The van der Waals surface area contributed by atoms with Crippen molar-refractivity contribution >= 4 is 81.8 Å². The molecule has 0 aliphatic rings. The van der Waals surface area contributed by atoms with Crippen LogP contribution in [0.2, 0.25) is 20.2 Å². The second-order valence-electron chi connectivity index (χ2n) is 20.1. The van der Waals surface area contributed by atoms with Gasteiger partial charge in [0.2, 0.25) is 0 Å². The maximum absolute atomic E-state index is 8.21. The van der Waals surface area contributed by atoms with Crippen LogP contribution in [0.15, 0.2) is 109 Å². The quantitative estimate of drug-likeness (QED) is 0.114. The zero-order valence-corrected chi connectivity index (χ0v) is 37.0. The molecule has 0 N–H and O–H groups in total. The maximum atomic E-state index is 8.21. The third kappa shape index (κ3) is 5.92. The molecule has 0 unspecified atom stereocenters. The van der Waals surface area contributed by atoms with Gasteiger partial charge in [-0.3, -0.25) is 0 Å². The lowest BCUT2D eigenvalue weighted by atomic mass is 9.92. The van der Waals surface area contributed by atoms with Gasteiger partial charge in [-0.25, -0.2) is 0 Å². The fraction of sp³-hybridized carbons (Fsp3) is 0.360. The monoisotopic (exact) mass is 762 g/mol. The second-order valence-corrected chi connectivity index (χ2v) is 29.9. The molecule has 0 saturated heterocycles. The summed E-state index contributed by atoms with van der Waals surface area (Å²) in [4.78, 5) is 0. The normalized spacial score (nSPS) is 14.2. The number of hydrogen-bond acceptors (Lipinski definition) is 3. The average Bonchev–Trinajstić information content (AvgIpc) is 3.11. The Morgan fingerprint density at radius 3 is 0.927 bits per heavy atom. The van der Waals surface area contributed by atoms with Gasteiger partial charge in [-0.1, -0.05) is 192 Å². The van der Waals surface area contributed by atoms with Crippen LogP contribution < -0.4 is 0 Å². The van der Waals surface area contributed by atoms with Gasteiger partial charge in [0.05, 0.1) is 13.2 Å². The van der Waals surface area contributed by atoms with Crippen LogP contribution in [-0.4, -0.2) is 17.1 Å². The Labute approximate surface area is 330 Å². The summed E-state index contributed by atoms with van der Waals surface area (Å²) in [6, 6.07) is 40.4.